The van der Waals surface area contributed by atoms with Crippen molar-refractivity contribution in [1.29, 1.82) is 0 Å². The van der Waals surface area contributed by atoms with Gasteiger partial charge in [0.05, 0.1) is 16.8 Å². The molecule has 0 amide bonds. The summed E-state index contributed by atoms with van der Waals surface area (Å²) in [6.07, 6.45) is 1.25. The average molecular weight is 709 g/mol. The third kappa shape index (κ3) is 5.16. The van der Waals surface area contributed by atoms with Crippen molar-refractivity contribution in [3.05, 3.63) is 204 Å². The fraction of sp³-hybridized carbons (Fsp3) is 0.0943. The topological polar surface area (TPSA) is 52.0 Å². The summed E-state index contributed by atoms with van der Waals surface area (Å²) in [6.45, 7) is 6.44. The van der Waals surface area contributed by atoms with Gasteiger partial charge in [0, 0.05) is 0 Å². The maximum atomic E-state index is 5.39. The summed E-state index contributed by atoms with van der Waals surface area (Å²) in [6, 6.07) is 64.3. The Labute approximate surface area is 323 Å². The Hall–Kier alpha value is -6.64. The highest BCUT2D eigenvalue weighted by atomic mass is 14.7. The first-order valence-electron chi connectivity index (χ1n) is 19.4. The number of para-hydroxylation sites is 2. The molecule has 2 aliphatic rings. The van der Waals surface area contributed by atoms with E-state index >= 15 is 0 Å². The van der Waals surface area contributed by atoms with Gasteiger partial charge in [-0.3, -0.25) is 0 Å². The zero-order valence-corrected chi connectivity index (χ0v) is 31.6. The molecule has 0 aliphatic heterocycles. The Morgan fingerprint density at radius 2 is 0.855 bits per heavy atom. The molecule has 0 fully saturated rings. The number of fused-ring (bicyclic) bond motifs is 17. The standard InChI is InChI=1S/C44H28.C6H8N2.C3H8/c1-27-13-12-14-28(25-27)37-26-38-41-34-20-5-2-15-29(34)30-16-3-7-22-36(30)43(41)44(42(38)35-21-6-4-17-31(35)37)39-23-10-8-18-32(39)33-19-9-11-24-40(33)44;7-5-3-1-2-4-6(5)8;1-3-2/h2-26H,1H3;1-4H,7-8H2;3H2,1-2H3. The summed E-state index contributed by atoms with van der Waals surface area (Å²) in [4.78, 5) is 0. The van der Waals surface area contributed by atoms with Crippen LogP contribution in [0.3, 0.4) is 0 Å². The van der Waals surface area contributed by atoms with Crippen molar-refractivity contribution in [1.82, 2.24) is 0 Å². The molecule has 0 saturated heterocycles. The molecule has 0 heterocycles. The van der Waals surface area contributed by atoms with Crippen molar-refractivity contribution in [3.8, 4) is 33.4 Å². The molecule has 2 heteroatoms. The maximum absolute atomic E-state index is 5.39. The fourth-order valence-electron chi connectivity index (χ4n) is 9.25. The molecule has 9 aromatic rings. The third-order valence-electron chi connectivity index (χ3n) is 11.3. The molecule has 0 aromatic heterocycles. The molecular formula is C53H44N2. The molecule has 0 saturated carbocycles. The molecule has 2 nitrogen and oxygen atoms in total. The molecule has 55 heavy (non-hydrogen) atoms. The van der Waals surface area contributed by atoms with Gasteiger partial charge in [0.2, 0.25) is 0 Å². The normalized spacial score (nSPS) is 12.6. The van der Waals surface area contributed by atoms with Crippen molar-refractivity contribution < 1.29 is 0 Å². The third-order valence-corrected chi connectivity index (χ3v) is 11.3. The summed E-state index contributed by atoms with van der Waals surface area (Å²) in [7, 11) is 0. The van der Waals surface area contributed by atoms with Crippen LogP contribution in [0.15, 0.2) is 176 Å². The van der Waals surface area contributed by atoms with Gasteiger partial charge in [-0.2, -0.15) is 0 Å². The van der Waals surface area contributed by atoms with Crippen LogP contribution in [0.25, 0.3) is 65.7 Å². The first-order chi connectivity index (χ1) is 27.0. The SMILES string of the molecule is CCC.Cc1cccc(-c2cc3c(c4ccccc24)C2(c4ccccc4-c4ccccc42)c2c-3c3ccccc3c3ccccc23)c1.Nc1ccccc1N. The van der Waals surface area contributed by atoms with Crippen molar-refractivity contribution in [2.45, 2.75) is 32.6 Å². The monoisotopic (exact) mass is 708 g/mol. The van der Waals surface area contributed by atoms with Gasteiger partial charge in [0.1, 0.15) is 0 Å². The lowest BCUT2D eigenvalue weighted by atomic mass is 9.68. The number of benzene rings is 9. The van der Waals surface area contributed by atoms with Gasteiger partial charge < -0.3 is 11.5 Å². The second-order valence-electron chi connectivity index (χ2n) is 14.8. The predicted molar refractivity (Wildman–Crippen MR) is 237 cm³/mol. The smallest absolute Gasteiger partial charge is 0.0737 e. The van der Waals surface area contributed by atoms with Crippen molar-refractivity contribution in [3.63, 3.8) is 0 Å². The van der Waals surface area contributed by atoms with Crippen molar-refractivity contribution in [2.24, 2.45) is 0 Å². The second kappa shape index (κ2) is 13.6. The molecule has 0 atom stereocenters. The number of anilines is 2. The van der Waals surface area contributed by atoms with E-state index < -0.39 is 5.41 Å². The Morgan fingerprint density at radius 1 is 0.400 bits per heavy atom. The minimum absolute atomic E-state index is 0.438. The summed E-state index contributed by atoms with van der Waals surface area (Å²) in [5.74, 6) is 0. The Bertz CT molecular complexity index is 2850. The largest absolute Gasteiger partial charge is 0.397 e. The van der Waals surface area contributed by atoms with Gasteiger partial charge in [0.15, 0.2) is 0 Å². The first kappa shape index (κ1) is 34.1. The highest BCUT2D eigenvalue weighted by Gasteiger charge is 2.54. The van der Waals surface area contributed by atoms with Crippen LogP contribution in [-0.2, 0) is 5.41 Å². The Kier molecular flexibility index (Phi) is 8.47. The van der Waals surface area contributed by atoms with Crippen molar-refractivity contribution >= 4 is 43.7 Å². The lowest BCUT2D eigenvalue weighted by Gasteiger charge is -2.33. The number of hydrogen-bond donors (Lipinski definition) is 2. The van der Waals surface area contributed by atoms with Crippen LogP contribution in [0.2, 0.25) is 0 Å². The highest BCUT2D eigenvalue weighted by Crippen LogP contribution is 2.67. The van der Waals surface area contributed by atoms with Crippen molar-refractivity contribution in [2.75, 3.05) is 11.5 Å². The lowest BCUT2D eigenvalue weighted by molar-refractivity contribution is 0.809. The predicted octanol–water partition coefficient (Wildman–Crippen LogP) is 13.7. The van der Waals surface area contributed by atoms with E-state index in [9.17, 15) is 0 Å². The fourth-order valence-corrected chi connectivity index (χ4v) is 9.25. The molecule has 0 radical (unpaired) electrons. The minimum Gasteiger partial charge on any atom is -0.397 e. The van der Waals surface area contributed by atoms with E-state index in [1.165, 1.54) is 99.9 Å². The van der Waals surface area contributed by atoms with E-state index in [-0.39, 0.29) is 0 Å². The molecule has 4 N–H and O–H groups in total. The van der Waals surface area contributed by atoms with E-state index in [2.05, 4.69) is 172 Å². The van der Waals surface area contributed by atoms with E-state index in [1.807, 2.05) is 12.1 Å². The Morgan fingerprint density at radius 3 is 1.42 bits per heavy atom. The van der Waals surface area contributed by atoms with E-state index in [0.717, 1.165) is 0 Å². The number of hydrogen-bond acceptors (Lipinski definition) is 2. The molecule has 11 rings (SSSR count). The van der Waals surface area contributed by atoms with Gasteiger partial charge in [-0.15, -0.1) is 0 Å². The summed E-state index contributed by atoms with van der Waals surface area (Å²) < 4.78 is 0. The second-order valence-corrected chi connectivity index (χ2v) is 14.8. The van der Waals surface area contributed by atoms with E-state index in [4.69, 9.17) is 11.5 Å². The van der Waals surface area contributed by atoms with Gasteiger partial charge in [-0.1, -0.05) is 184 Å². The lowest BCUT2D eigenvalue weighted by Crippen LogP contribution is -2.26. The molecule has 0 bridgehead atoms. The van der Waals surface area contributed by atoms with E-state index in [0.29, 0.717) is 11.4 Å². The first-order valence-corrected chi connectivity index (χ1v) is 19.4. The van der Waals surface area contributed by atoms with Gasteiger partial charge in [0.25, 0.3) is 0 Å². The number of aryl methyl sites for hydroxylation is 1. The summed E-state index contributed by atoms with van der Waals surface area (Å²) >= 11 is 0. The number of nitrogens with two attached hydrogens (primary N) is 2. The molecule has 1 spiro atoms. The summed E-state index contributed by atoms with van der Waals surface area (Å²) in [5, 5.41) is 7.93. The van der Waals surface area contributed by atoms with Crippen LogP contribution in [0, 0.1) is 6.92 Å². The average Bonchev–Trinajstić information content (AvgIpc) is 3.70. The molecule has 2 aliphatic carbocycles. The molecule has 9 aromatic carbocycles. The zero-order chi connectivity index (χ0) is 37.7. The minimum atomic E-state index is -0.438. The van der Waals surface area contributed by atoms with Crippen LogP contribution in [-0.4, -0.2) is 0 Å². The summed E-state index contributed by atoms with van der Waals surface area (Å²) in [5.41, 5.74) is 26.5. The van der Waals surface area contributed by atoms with Crippen LogP contribution >= 0.6 is 0 Å². The van der Waals surface area contributed by atoms with Gasteiger partial charge in [-0.05, 0) is 113 Å². The van der Waals surface area contributed by atoms with Gasteiger partial charge >= 0.3 is 0 Å². The number of nitrogen functional groups attached to an aromatic ring is 2. The number of rotatable bonds is 1. The zero-order valence-electron chi connectivity index (χ0n) is 31.6. The Balaban J connectivity index is 0.000000317. The highest BCUT2D eigenvalue weighted by molar-refractivity contribution is 6.22. The molecular weight excluding hydrogens is 665 g/mol. The van der Waals surface area contributed by atoms with E-state index in [1.54, 1.807) is 12.1 Å². The quantitative estimate of drug-likeness (QED) is 0.132. The molecule has 0 unspecified atom stereocenters. The van der Waals surface area contributed by atoms with Crippen LogP contribution in [0.5, 0.6) is 0 Å². The van der Waals surface area contributed by atoms with Crippen LogP contribution < -0.4 is 11.5 Å². The molecule has 266 valence electrons. The van der Waals surface area contributed by atoms with Crippen LogP contribution in [0.4, 0.5) is 11.4 Å². The van der Waals surface area contributed by atoms with Gasteiger partial charge in [-0.25, -0.2) is 0 Å². The maximum Gasteiger partial charge on any atom is 0.0737 e. The van der Waals surface area contributed by atoms with Crippen LogP contribution in [0.1, 0.15) is 48.1 Å².